The van der Waals surface area contributed by atoms with Crippen molar-refractivity contribution in [2.75, 3.05) is 6.61 Å². The number of hydrogen-bond donors (Lipinski definition) is 0. The van der Waals surface area contributed by atoms with Gasteiger partial charge in [-0.3, -0.25) is 0 Å². The average Bonchev–Trinajstić information content (AvgIpc) is 1.37. The first-order valence-electron chi connectivity index (χ1n) is 0.933. The van der Waals surface area contributed by atoms with Gasteiger partial charge in [0.05, 0.1) is 0 Å². The van der Waals surface area contributed by atoms with Gasteiger partial charge in [-0.15, -0.1) is 0 Å². The van der Waals surface area contributed by atoms with Crippen LogP contribution in [0.3, 0.4) is 0 Å². The van der Waals surface area contributed by atoms with Crippen LogP contribution in [-0.4, -0.2) is 12.9 Å². The molecular weight excluding hydrogens is 79.0 g/mol. The van der Waals surface area contributed by atoms with Crippen molar-refractivity contribution >= 4 is 6.29 Å². The van der Waals surface area contributed by atoms with Crippen LogP contribution in [0.4, 0.5) is 0 Å². The minimum absolute atomic E-state index is 0. The molecule has 2 nitrogen and oxygen atoms in total. The third-order valence-corrected chi connectivity index (χ3v) is 0.0680. The molecule has 0 saturated carbocycles. The molecule has 0 atom stereocenters. The topological polar surface area (TPSA) is 40.1 Å². The van der Waals surface area contributed by atoms with Crippen LogP contribution in [0, 0.1) is 0 Å². The molecule has 0 aliphatic rings. The van der Waals surface area contributed by atoms with Gasteiger partial charge in [0.2, 0.25) is 0 Å². The molecule has 0 aliphatic carbocycles. The Hall–Kier alpha value is 0.630. The predicted molar refractivity (Wildman–Crippen MR) is 10.9 cm³/mol. The minimum atomic E-state index is -0.611. The fourth-order valence-corrected chi connectivity index (χ4v) is 0. The molecule has 5 heavy (non-hydrogen) atoms. The largest absolute Gasteiger partial charge is 1.00 e. The van der Waals surface area contributed by atoms with E-state index in [2.05, 4.69) is 0 Å². The fourth-order valence-electron chi connectivity index (χ4n) is 0. The summed E-state index contributed by atoms with van der Waals surface area (Å²) in [7, 11) is 0. The van der Waals surface area contributed by atoms with E-state index in [0.717, 1.165) is 0 Å². The molecule has 0 N–H and O–H groups in total. The van der Waals surface area contributed by atoms with Crippen LogP contribution >= 0.6 is 0 Å². The van der Waals surface area contributed by atoms with Crippen molar-refractivity contribution in [1.82, 2.24) is 0 Å². The standard InChI is InChI=1S/C2H3O2.Na/c3-1-2-4;/h1H,2H2;/q-1;+1. The van der Waals surface area contributed by atoms with E-state index in [9.17, 15) is 0 Å². The molecule has 0 radical (unpaired) electrons. The van der Waals surface area contributed by atoms with E-state index >= 15 is 0 Å². The van der Waals surface area contributed by atoms with Crippen LogP contribution in [0.2, 0.25) is 0 Å². The van der Waals surface area contributed by atoms with E-state index in [0.29, 0.717) is 6.29 Å². The quantitative estimate of drug-likeness (QED) is 0.236. The van der Waals surface area contributed by atoms with E-state index in [1.54, 1.807) is 0 Å². The van der Waals surface area contributed by atoms with Crippen LogP contribution in [0.25, 0.3) is 0 Å². The zero-order valence-corrected chi connectivity index (χ0v) is 5.10. The van der Waals surface area contributed by atoms with Crippen molar-refractivity contribution in [2.24, 2.45) is 0 Å². The number of rotatable bonds is 1. The summed E-state index contributed by atoms with van der Waals surface area (Å²) in [6, 6.07) is 0. The molecule has 0 aromatic rings. The molecule has 0 bridgehead atoms. The Labute approximate surface area is 52.5 Å². The van der Waals surface area contributed by atoms with E-state index in [1.165, 1.54) is 0 Å². The molecular formula is C2H3NaO2. The first kappa shape index (κ1) is 9.16. The maximum Gasteiger partial charge on any atom is 1.00 e. The molecule has 0 spiro atoms. The van der Waals surface area contributed by atoms with Gasteiger partial charge in [-0.25, -0.2) is 0 Å². The van der Waals surface area contributed by atoms with Crippen molar-refractivity contribution in [3.63, 3.8) is 0 Å². The van der Waals surface area contributed by atoms with Gasteiger partial charge >= 0.3 is 29.6 Å². The average molecular weight is 82.0 g/mol. The Bertz CT molecular complexity index is 21.6. The molecule has 0 aromatic carbocycles. The Morgan fingerprint density at radius 1 is 1.80 bits per heavy atom. The van der Waals surface area contributed by atoms with Crippen molar-refractivity contribution < 1.29 is 39.5 Å². The number of carbonyl (C=O) groups is 1. The van der Waals surface area contributed by atoms with Crippen molar-refractivity contribution in [1.29, 1.82) is 0 Å². The van der Waals surface area contributed by atoms with Crippen LogP contribution in [0.5, 0.6) is 0 Å². The monoisotopic (exact) mass is 82.0 g/mol. The third kappa shape index (κ3) is 12.1. The SMILES string of the molecule is O=CC[O-].[Na+]. The number of aldehydes is 1. The van der Waals surface area contributed by atoms with Crippen molar-refractivity contribution in [3.05, 3.63) is 0 Å². The summed E-state index contributed by atoms with van der Waals surface area (Å²) >= 11 is 0. The van der Waals surface area contributed by atoms with Crippen LogP contribution in [0.15, 0.2) is 0 Å². The van der Waals surface area contributed by atoms with E-state index in [1.807, 2.05) is 0 Å². The van der Waals surface area contributed by atoms with Gasteiger partial charge in [0.25, 0.3) is 0 Å². The Morgan fingerprint density at radius 2 is 2.00 bits per heavy atom. The molecule has 24 valence electrons. The third-order valence-electron chi connectivity index (χ3n) is 0.0680. The van der Waals surface area contributed by atoms with Gasteiger partial charge in [0.1, 0.15) is 6.29 Å². The van der Waals surface area contributed by atoms with Gasteiger partial charge < -0.3 is 9.90 Å². The second-order valence-corrected chi connectivity index (χ2v) is 0.333. The predicted octanol–water partition coefficient (Wildman–Crippen LogP) is -4.45. The second-order valence-electron chi connectivity index (χ2n) is 0.333. The van der Waals surface area contributed by atoms with Gasteiger partial charge in [-0.05, 0) is 0 Å². The fraction of sp³-hybridized carbons (Fsp3) is 0.500. The van der Waals surface area contributed by atoms with E-state index in [4.69, 9.17) is 9.90 Å². The van der Waals surface area contributed by atoms with Gasteiger partial charge in [0, 0.05) is 0 Å². The molecule has 0 heterocycles. The maximum atomic E-state index is 8.93. The summed E-state index contributed by atoms with van der Waals surface area (Å²) in [5, 5.41) is 8.93. The molecule has 3 heteroatoms. The van der Waals surface area contributed by atoms with Gasteiger partial charge in [-0.2, -0.15) is 0 Å². The van der Waals surface area contributed by atoms with E-state index < -0.39 is 6.61 Å². The summed E-state index contributed by atoms with van der Waals surface area (Å²) in [4.78, 5) is 8.86. The van der Waals surface area contributed by atoms with Gasteiger partial charge in [-0.1, -0.05) is 6.61 Å². The Kier molecular flexibility index (Phi) is 16.2. The molecule has 0 unspecified atom stereocenters. The summed E-state index contributed by atoms with van der Waals surface area (Å²) < 4.78 is 0. The normalized spacial score (nSPS) is 5.00. The summed E-state index contributed by atoms with van der Waals surface area (Å²) in [5.74, 6) is 0. The first-order valence-corrected chi connectivity index (χ1v) is 0.933. The molecule has 0 saturated heterocycles. The van der Waals surface area contributed by atoms with Crippen LogP contribution in [-0.2, 0) is 4.79 Å². The second kappa shape index (κ2) is 8.82. The first-order chi connectivity index (χ1) is 1.91. The molecule has 0 fully saturated rings. The zero-order valence-electron chi connectivity index (χ0n) is 3.10. The van der Waals surface area contributed by atoms with Crippen LogP contribution in [0.1, 0.15) is 0 Å². The molecule has 0 amide bonds. The minimum Gasteiger partial charge on any atom is -0.849 e. The smallest absolute Gasteiger partial charge is 0.849 e. The summed E-state index contributed by atoms with van der Waals surface area (Å²) in [5.41, 5.74) is 0. The number of hydrogen-bond acceptors (Lipinski definition) is 2. The van der Waals surface area contributed by atoms with Crippen molar-refractivity contribution in [2.45, 2.75) is 0 Å². The maximum absolute atomic E-state index is 8.93. The van der Waals surface area contributed by atoms with E-state index in [-0.39, 0.29) is 29.6 Å². The molecule has 0 rings (SSSR count). The van der Waals surface area contributed by atoms with Crippen LogP contribution < -0.4 is 34.7 Å². The Morgan fingerprint density at radius 3 is 2.00 bits per heavy atom. The molecule has 0 aliphatic heterocycles. The van der Waals surface area contributed by atoms with Gasteiger partial charge in [0.15, 0.2) is 0 Å². The summed E-state index contributed by atoms with van der Waals surface area (Å²) in [6.45, 7) is -0.611. The number of carbonyl (C=O) groups excluding carboxylic acids is 1. The zero-order chi connectivity index (χ0) is 3.41. The van der Waals surface area contributed by atoms with Crippen molar-refractivity contribution in [3.8, 4) is 0 Å². The summed E-state index contributed by atoms with van der Waals surface area (Å²) in [6.07, 6.45) is 0.319. The molecule has 0 aromatic heterocycles. The Balaban J connectivity index is 0.